The van der Waals surface area contributed by atoms with Crippen LogP contribution in [0, 0.1) is 13.8 Å². The molecule has 2 aromatic carbocycles. The van der Waals surface area contributed by atoms with Crippen molar-refractivity contribution in [3.8, 4) is 0 Å². The smallest absolute Gasteiger partial charge is 0.459 e. The summed E-state index contributed by atoms with van der Waals surface area (Å²) >= 11 is 0. The maximum atomic E-state index is 13.3. The molecule has 8 nitrogen and oxygen atoms in total. The Kier molecular flexibility index (Phi) is 12.8. The van der Waals surface area contributed by atoms with Crippen molar-refractivity contribution in [3.63, 3.8) is 0 Å². The quantitative estimate of drug-likeness (QED) is 0.147. The number of carbonyl (C=O) groups excluding carboxylic acids is 3. The molecule has 0 aromatic heterocycles. The van der Waals surface area contributed by atoms with Gasteiger partial charge in [0.1, 0.15) is 17.8 Å². The summed E-state index contributed by atoms with van der Waals surface area (Å²) < 4.78 is 27.5. The Morgan fingerprint density at radius 1 is 0.707 bits per heavy atom. The fourth-order valence-electron chi connectivity index (χ4n) is 3.84. The van der Waals surface area contributed by atoms with E-state index < -0.39 is 41.5 Å². The summed E-state index contributed by atoms with van der Waals surface area (Å²) in [7, 11) is 0. The Morgan fingerprint density at radius 2 is 1.37 bits per heavy atom. The van der Waals surface area contributed by atoms with Gasteiger partial charge in [-0.1, -0.05) is 55.0 Å². The molecule has 0 aliphatic carbocycles. The molecule has 0 heterocycles. The first-order valence-corrected chi connectivity index (χ1v) is 14.2. The highest BCUT2D eigenvalue weighted by Crippen LogP contribution is 2.19. The fourth-order valence-corrected chi connectivity index (χ4v) is 3.84. The lowest BCUT2D eigenvalue weighted by Crippen LogP contribution is -2.48. The number of benzene rings is 2. The van der Waals surface area contributed by atoms with Gasteiger partial charge in [-0.3, -0.25) is 0 Å². The van der Waals surface area contributed by atoms with Gasteiger partial charge in [0.25, 0.3) is 0 Å². The van der Waals surface area contributed by atoms with Crippen LogP contribution in [0.1, 0.15) is 83.1 Å². The van der Waals surface area contributed by atoms with Crippen molar-refractivity contribution in [2.45, 2.75) is 111 Å². The van der Waals surface area contributed by atoms with Crippen LogP contribution in [0.15, 0.2) is 48.5 Å². The van der Waals surface area contributed by atoms with E-state index in [2.05, 4.69) is 32.0 Å². The number of hydrogen-bond acceptors (Lipinski definition) is 8. The van der Waals surface area contributed by atoms with Gasteiger partial charge in [0.2, 0.25) is 12.2 Å². The van der Waals surface area contributed by atoms with Gasteiger partial charge >= 0.3 is 18.1 Å². The molecule has 0 N–H and O–H groups in total. The van der Waals surface area contributed by atoms with Gasteiger partial charge in [0.15, 0.2) is 0 Å². The van der Waals surface area contributed by atoms with E-state index >= 15 is 0 Å². The summed E-state index contributed by atoms with van der Waals surface area (Å²) in [5.74, 6) is -1.77. The van der Waals surface area contributed by atoms with Crippen molar-refractivity contribution in [2.75, 3.05) is 6.61 Å². The molecule has 0 fully saturated rings. The van der Waals surface area contributed by atoms with Crippen LogP contribution in [0.3, 0.4) is 0 Å². The number of rotatable bonds is 13. The second-order valence-corrected chi connectivity index (χ2v) is 12.2. The van der Waals surface area contributed by atoms with Crippen LogP contribution < -0.4 is 0 Å². The van der Waals surface area contributed by atoms with E-state index in [4.69, 9.17) is 23.7 Å². The molecule has 0 amide bonds. The van der Waals surface area contributed by atoms with Crippen molar-refractivity contribution in [2.24, 2.45) is 0 Å². The van der Waals surface area contributed by atoms with Crippen LogP contribution in [-0.2, 0) is 46.3 Å². The summed E-state index contributed by atoms with van der Waals surface area (Å²) in [4.78, 5) is 39.0. The third-order valence-electron chi connectivity index (χ3n) is 5.96. The molecular weight excluding hydrogens is 524 g/mol. The summed E-state index contributed by atoms with van der Waals surface area (Å²) in [6.07, 6.45) is -1.07. The van der Waals surface area contributed by atoms with Crippen LogP contribution >= 0.6 is 0 Å². The first-order chi connectivity index (χ1) is 19.1. The second-order valence-electron chi connectivity index (χ2n) is 12.2. The normalized spacial score (nSPS) is 13.2. The molecule has 0 saturated heterocycles. The highest BCUT2D eigenvalue weighted by Gasteiger charge is 2.43. The van der Waals surface area contributed by atoms with Crippen molar-refractivity contribution in [1.29, 1.82) is 0 Å². The summed E-state index contributed by atoms with van der Waals surface area (Å²) in [6, 6.07) is 15.6. The Morgan fingerprint density at radius 3 is 1.98 bits per heavy atom. The van der Waals surface area contributed by atoms with Gasteiger partial charge in [-0.2, -0.15) is 0 Å². The van der Waals surface area contributed by atoms with Gasteiger partial charge in [0.05, 0.1) is 0 Å². The Hall–Kier alpha value is -3.39. The molecule has 0 bridgehead atoms. The third-order valence-corrected chi connectivity index (χ3v) is 5.96. The molecule has 2 atom stereocenters. The monoisotopic (exact) mass is 570 g/mol. The van der Waals surface area contributed by atoms with Crippen LogP contribution in [0.4, 0.5) is 4.79 Å². The van der Waals surface area contributed by atoms with Crippen molar-refractivity contribution < 1.29 is 38.1 Å². The largest absolute Gasteiger partial charge is 0.509 e. The third kappa shape index (κ3) is 13.2. The van der Waals surface area contributed by atoms with Crippen molar-refractivity contribution in [1.82, 2.24) is 0 Å². The van der Waals surface area contributed by atoms with Crippen LogP contribution in [-0.4, -0.2) is 48.1 Å². The molecule has 41 heavy (non-hydrogen) atoms. The SMILES string of the molecule is Cc1ccc(CCCCCO[C@@H](C(=O)OCc2ccccc2)[C@@H](OC(=O)OC(C)(C)C)C(=O)OC(C)(C)C)cc1C. The molecule has 0 aliphatic heterocycles. The van der Waals surface area contributed by atoms with Crippen molar-refractivity contribution >= 4 is 18.1 Å². The molecule has 0 radical (unpaired) electrons. The van der Waals surface area contributed by atoms with Crippen LogP contribution in [0.25, 0.3) is 0 Å². The van der Waals surface area contributed by atoms with E-state index in [0.717, 1.165) is 24.8 Å². The molecule has 0 unspecified atom stereocenters. The highest BCUT2D eigenvalue weighted by atomic mass is 16.8. The van der Waals surface area contributed by atoms with E-state index in [1.165, 1.54) is 16.7 Å². The van der Waals surface area contributed by atoms with Crippen molar-refractivity contribution in [3.05, 3.63) is 70.8 Å². The average Bonchev–Trinajstić information content (AvgIpc) is 2.86. The minimum Gasteiger partial charge on any atom is -0.459 e. The lowest BCUT2D eigenvalue weighted by atomic mass is 10.0. The Balaban J connectivity index is 2.13. The maximum absolute atomic E-state index is 13.3. The fraction of sp³-hybridized carbons (Fsp3) is 0.545. The zero-order valence-corrected chi connectivity index (χ0v) is 25.8. The zero-order chi connectivity index (χ0) is 30.6. The van der Waals surface area contributed by atoms with Crippen LogP contribution in [0.2, 0.25) is 0 Å². The Labute approximate surface area is 244 Å². The number of carbonyl (C=O) groups is 3. The molecule has 0 saturated carbocycles. The Bertz CT molecular complexity index is 1130. The lowest BCUT2D eigenvalue weighted by molar-refractivity contribution is -0.188. The minimum atomic E-state index is -1.72. The number of ether oxygens (including phenoxy) is 5. The van der Waals surface area contributed by atoms with Gasteiger partial charge < -0.3 is 23.7 Å². The van der Waals surface area contributed by atoms with Gasteiger partial charge in [-0.15, -0.1) is 0 Å². The highest BCUT2D eigenvalue weighted by molar-refractivity contribution is 5.87. The number of hydrogen-bond donors (Lipinski definition) is 0. The zero-order valence-electron chi connectivity index (χ0n) is 25.8. The number of unbranched alkanes of at least 4 members (excludes halogenated alkanes) is 2. The molecule has 2 rings (SSSR count). The topological polar surface area (TPSA) is 97.4 Å². The number of esters is 2. The van der Waals surface area contributed by atoms with E-state index in [1.54, 1.807) is 53.7 Å². The maximum Gasteiger partial charge on any atom is 0.509 e. The molecule has 0 spiro atoms. The van der Waals surface area contributed by atoms with Crippen LogP contribution in [0.5, 0.6) is 0 Å². The molecule has 0 aliphatic rings. The van der Waals surface area contributed by atoms with E-state index in [1.807, 2.05) is 18.2 Å². The predicted molar refractivity (Wildman–Crippen MR) is 156 cm³/mol. The molecule has 226 valence electrons. The number of aryl methyl sites for hydroxylation is 3. The molecular formula is C33H46O8. The van der Waals surface area contributed by atoms with Gasteiger partial charge in [-0.25, -0.2) is 14.4 Å². The first-order valence-electron chi connectivity index (χ1n) is 14.2. The lowest BCUT2D eigenvalue weighted by Gasteiger charge is -2.29. The summed E-state index contributed by atoms with van der Waals surface area (Å²) in [6.45, 7) is 14.3. The second kappa shape index (κ2) is 15.6. The van der Waals surface area contributed by atoms with E-state index in [9.17, 15) is 14.4 Å². The van der Waals surface area contributed by atoms with Gasteiger partial charge in [-0.05, 0) is 96.9 Å². The minimum absolute atomic E-state index is 0.0387. The summed E-state index contributed by atoms with van der Waals surface area (Å²) in [5, 5.41) is 0. The first kappa shape index (κ1) is 33.8. The predicted octanol–water partition coefficient (Wildman–Crippen LogP) is 6.81. The van der Waals surface area contributed by atoms with Gasteiger partial charge in [0, 0.05) is 6.61 Å². The molecule has 8 heteroatoms. The van der Waals surface area contributed by atoms with E-state index in [-0.39, 0.29) is 13.2 Å². The molecule has 2 aromatic rings. The average molecular weight is 571 g/mol. The standard InChI is InChI=1S/C33H46O8/c1-23-18-19-25(21-24(23)2)15-13-10-14-20-37-27(29(34)38-22-26-16-11-9-12-17-26)28(30(35)40-32(3,4)5)39-31(36)41-33(6,7)8/h9,11-12,16-19,21,27-28H,10,13-15,20,22H2,1-8H3/t27-,28-/m1/s1. The van der Waals surface area contributed by atoms with E-state index in [0.29, 0.717) is 6.42 Å². The summed E-state index contributed by atoms with van der Waals surface area (Å²) in [5.41, 5.74) is 2.77.